The maximum atomic E-state index is 11.2. The lowest BCUT2D eigenvalue weighted by Gasteiger charge is -2.27. The summed E-state index contributed by atoms with van der Waals surface area (Å²) in [5.74, 6) is 0. The average molecular weight is 271 g/mol. The van der Waals surface area contributed by atoms with Gasteiger partial charge in [-0.25, -0.2) is 13.6 Å². The molecule has 0 bridgehead atoms. The van der Waals surface area contributed by atoms with Gasteiger partial charge >= 0.3 is 0 Å². The number of anilines is 2. The molecule has 0 amide bonds. The third kappa shape index (κ3) is 3.89. The molecule has 1 aromatic carbocycles. The van der Waals surface area contributed by atoms with Crippen LogP contribution in [0.1, 0.15) is 33.6 Å². The van der Waals surface area contributed by atoms with Crippen LogP contribution < -0.4 is 16.2 Å². The number of nitrogens with one attached hydrogen (secondary N) is 1. The Balaban J connectivity index is 2.99. The molecule has 0 aliphatic heterocycles. The summed E-state index contributed by atoms with van der Waals surface area (Å²) in [6, 6.07) is 4.69. The van der Waals surface area contributed by atoms with E-state index in [1.54, 1.807) is 12.1 Å². The minimum absolute atomic E-state index is 0.0404. The number of hydrogen-bond acceptors (Lipinski definition) is 4. The highest BCUT2D eigenvalue weighted by molar-refractivity contribution is 7.89. The van der Waals surface area contributed by atoms with Crippen molar-refractivity contribution in [3.63, 3.8) is 0 Å². The average Bonchev–Trinajstić information content (AvgIpc) is 2.13. The predicted octanol–water partition coefficient (Wildman–Crippen LogP) is 1.91. The van der Waals surface area contributed by atoms with E-state index in [-0.39, 0.29) is 16.1 Å². The van der Waals surface area contributed by atoms with Crippen molar-refractivity contribution in [2.45, 2.75) is 44.0 Å². The monoisotopic (exact) mass is 271 g/mol. The highest BCUT2D eigenvalue weighted by Crippen LogP contribution is 2.25. The highest BCUT2D eigenvalue weighted by Gasteiger charge is 2.17. The van der Waals surface area contributed by atoms with Crippen molar-refractivity contribution in [2.75, 3.05) is 11.1 Å². The van der Waals surface area contributed by atoms with E-state index in [1.165, 1.54) is 6.07 Å². The van der Waals surface area contributed by atoms with Crippen LogP contribution in [0.2, 0.25) is 0 Å². The molecular formula is C12H21N3O2S. The van der Waals surface area contributed by atoms with E-state index in [1.807, 2.05) is 0 Å². The summed E-state index contributed by atoms with van der Waals surface area (Å²) in [4.78, 5) is -0.0404. The Bertz CT molecular complexity index is 524. The molecule has 0 atom stereocenters. The van der Waals surface area contributed by atoms with E-state index < -0.39 is 10.0 Å². The number of primary sulfonamides is 1. The van der Waals surface area contributed by atoms with Crippen molar-refractivity contribution in [2.24, 2.45) is 5.14 Å². The molecule has 5 nitrogen and oxygen atoms in total. The van der Waals surface area contributed by atoms with Gasteiger partial charge in [-0.05, 0) is 38.5 Å². The lowest BCUT2D eigenvalue weighted by molar-refractivity contribution is 0.511. The lowest BCUT2D eigenvalue weighted by Crippen LogP contribution is -2.30. The maximum absolute atomic E-state index is 11.2. The van der Waals surface area contributed by atoms with Gasteiger partial charge in [0.05, 0.1) is 5.69 Å². The second-order valence-corrected chi connectivity index (χ2v) is 6.59. The van der Waals surface area contributed by atoms with Crippen molar-refractivity contribution < 1.29 is 8.42 Å². The fraction of sp³-hybridized carbons (Fsp3) is 0.500. The zero-order valence-corrected chi connectivity index (χ0v) is 11.8. The summed E-state index contributed by atoms with van der Waals surface area (Å²) in [5.41, 5.74) is 6.59. The molecule has 5 N–H and O–H groups in total. The Morgan fingerprint density at radius 1 is 1.33 bits per heavy atom. The van der Waals surface area contributed by atoms with E-state index in [9.17, 15) is 8.42 Å². The molecule has 0 unspecified atom stereocenters. The quantitative estimate of drug-likeness (QED) is 0.712. The molecule has 0 fully saturated rings. The van der Waals surface area contributed by atoms with Crippen LogP contribution >= 0.6 is 0 Å². The number of nitrogens with two attached hydrogens (primary N) is 2. The van der Waals surface area contributed by atoms with Crippen molar-refractivity contribution >= 4 is 21.4 Å². The molecule has 1 rings (SSSR count). The molecule has 0 saturated carbocycles. The Kier molecular flexibility index (Phi) is 4.24. The molecule has 0 heterocycles. The van der Waals surface area contributed by atoms with Crippen LogP contribution in [-0.2, 0) is 10.0 Å². The fourth-order valence-electron chi connectivity index (χ4n) is 1.96. The molecule has 0 spiro atoms. The third-order valence-corrected chi connectivity index (χ3v) is 3.66. The molecule has 0 saturated heterocycles. The van der Waals surface area contributed by atoms with Crippen LogP contribution in [0.15, 0.2) is 23.1 Å². The molecule has 0 aliphatic rings. The maximum Gasteiger partial charge on any atom is 0.240 e. The van der Waals surface area contributed by atoms with Crippen LogP contribution in [0.4, 0.5) is 11.4 Å². The first kappa shape index (κ1) is 14.8. The van der Waals surface area contributed by atoms with E-state index in [2.05, 4.69) is 26.1 Å². The number of rotatable bonds is 5. The summed E-state index contributed by atoms with van der Waals surface area (Å²) in [7, 11) is -3.76. The van der Waals surface area contributed by atoms with Gasteiger partial charge in [-0.1, -0.05) is 13.3 Å². The minimum atomic E-state index is -3.76. The van der Waals surface area contributed by atoms with Gasteiger partial charge in [0.1, 0.15) is 4.90 Å². The van der Waals surface area contributed by atoms with Crippen molar-refractivity contribution in [3.05, 3.63) is 18.2 Å². The van der Waals surface area contributed by atoms with Crippen LogP contribution in [0, 0.1) is 0 Å². The summed E-state index contributed by atoms with van der Waals surface area (Å²) >= 11 is 0. The largest absolute Gasteiger partial charge is 0.398 e. The van der Waals surface area contributed by atoms with Gasteiger partial charge in [0, 0.05) is 11.2 Å². The molecule has 0 aliphatic carbocycles. The zero-order chi connectivity index (χ0) is 14.0. The Hall–Kier alpha value is -1.27. The fourth-order valence-corrected chi connectivity index (χ4v) is 2.61. The molecule has 102 valence electrons. The topological polar surface area (TPSA) is 98.2 Å². The van der Waals surface area contributed by atoms with Crippen molar-refractivity contribution in [3.8, 4) is 0 Å². The van der Waals surface area contributed by atoms with Gasteiger partial charge in [-0.2, -0.15) is 0 Å². The summed E-state index contributed by atoms with van der Waals surface area (Å²) in [5, 5.41) is 8.38. The van der Waals surface area contributed by atoms with E-state index >= 15 is 0 Å². The van der Waals surface area contributed by atoms with Gasteiger partial charge < -0.3 is 11.1 Å². The SMILES string of the molecule is CCCC(C)(C)Nc1ccc(S(N)(=O)=O)c(N)c1. The van der Waals surface area contributed by atoms with Gasteiger partial charge in [0.2, 0.25) is 10.0 Å². The smallest absolute Gasteiger partial charge is 0.240 e. The molecule has 18 heavy (non-hydrogen) atoms. The molecule has 1 aromatic rings. The number of nitrogen functional groups attached to an aromatic ring is 1. The number of sulfonamides is 1. The predicted molar refractivity (Wildman–Crippen MR) is 74.8 cm³/mol. The van der Waals surface area contributed by atoms with Gasteiger partial charge in [-0.15, -0.1) is 0 Å². The zero-order valence-electron chi connectivity index (χ0n) is 11.0. The van der Waals surface area contributed by atoms with E-state index in [0.717, 1.165) is 18.5 Å². The number of benzene rings is 1. The molecule has 6 heteroatoms. The first-order valence-electron chi connectivity index (χ1n) is 5.86. The van der Waals surface area contributed by atoms with Gasteiger partial charge in [0.25, 0.3) is 0 Å². The van der Waals surface area contributed by atoms with Crippen LogP contribution in [-0.4, -0.2) is 14.0 Å². The first-order valence-corrected chi connectivity index (χ1v) is 7.41. The minimum Gasteiger partial charge on any atom is -0.398 e. The van der Waals surface area contributed by atoms with E-state index in [0.29, 0.717) is 0 Å². The van der Waals surface area contributed by atoms with Crippen molar-refractivity contribution in [1.82, 2.24) is 0 Å². The first-order chi connectivity index (χ1) is 8.15. The summed E-state index contributed by atoms with van der Waals surface area (Å²) in [6.45, 7) is 6.28. The summed E-state index contributed by atoms with van der Waals surface area (Å²) in [6.07, 6.45) is 2.06. The highest BCUT2D eigenvalue weighted by atomic mass is 32.2. The van der Waals surface area contributed by atoms with Crippen LogP contribution in [0.3, 0.4) is 0 Å². The lowest BCUT2D eigenvalue weighted by atomic mass is 9.98. The third-order valence-electron chi connectivity index (χ3n) is 2.67. The molecular weight excluding hydrogens is 250 g/mol. The number of hydrogen-bond donors (Lipinski definition) is 3. The molecule has 0 radical (unpaired) electrons. The standard InChI is InChI=1S/C12H21N3O2S/c1-4-7-12(2,3)15-9-5-6-11(10(13)8-9)18(14,16)17/h5-6,8,15H,4,7,13H2,1-3H3,(H2,14,16,17). The normalized spacial score (nSPS) is 12.4. The van der Waals surface area contributed by atoms with Crippen molar-refractivity contribution in [1.29, 1.82) is 0 Å². The summed E-state index contributed by atoms with van der Waals surface area (Å²) < 4.78 is 22.5. The van der Waals surface area contributed by atoms with E-state index in [4.69, 9.17) is 10.9 Å². The van der Waals surface area contributed by atoms with Gasteiger partial charge in [-0.3, -0.25) is 0 Å². The van der Waals surface area contributed by atoms with Gasteiger partial charge in [0.15, 0.2) is 0 Å². The Morgan fingerprint density at radius 2 is 1.94 bits per heavy atom. The Morgan fingerprint density at radius 3 is 2.39 bits per heavy atom. The van der Waals surface area contributed by atoms with Crippen LogP contribution in [0.5, 0.6) is 0 Å². The second-order valence-electron chi connectivity index (χ2n) is 5.06. The second kappa shape index (κ2) is 5.16. The molecule has 0 aromatic heterocycles. The van der Waals surface area contributed by atoms with Crippen LogP contribution in [0.25, 0.3) is 0 Å². The Labute approximate surface area is 109 Å².